The predicted molar refractivity (Wildman–Crippen MR) is 115 cm³/mol. The lowest BCUT2D eigenvalue weighted by Gasteiger charge is -2.27. The zero-order chi connectivity index (χ0) is 22.8. The number of rotatable bonds is 5. The van der Waals surface area contributed by atoms with E-state index in [0.717, 1.165) is 31.4 Å². The van der Waals surface area contributed by atoms with Crippen LogP contribution in [0.5, 0.6) is 0 Å². The first-order valence-electron chi connectivity index (χ1n) is 9.40. The molecule has 1 heterocycles. The summed E-state index contributed by atoms with van der Waals surface area (Å²) in [5, 5.41) is -0.533. The highest BCUT2D eigenvalue weighted by molar-refractivity contribution is 7.98. The van der Waals surface area contributed by atoms with Crippen molar-refractivity contribution < 1.29 is 26.4 Å². The fraction of sp³-hybridized carbons (Fsp3) is 0.350. The third-order valence-electron chi connectivity index (χ3n) is 4.88. The molecule has 3 rings (SSSR count). The SMILES string of the molecule is CSc1ccc(S(=O)(=O)Nc2ccc(Cl)c(C(F)(F)F)c2)cc1C(=O)N1CCCCC1. The molecule has 168 valence electrons. The number of likely N-dealkylation sites (tertiary alicyclic amines) is 1. The second kappa shape index (κ2) is 9.30. The molecule has 5 nitrogen and oxygen atoms in total. The molecule has 2 aromatic carbocycles. The molecule has 1 fully saturated rings. The number of sulfonamides is 1. The van der Waals surface area contributed by atoms with E-state index in [1.807, 2.05) is 0 Å². The van der Waals surface area contributed by atoms with Crippen LogP contribution in [0.2, 0.25) is 5.02 Å². The zero-order valence-electron chi connectivity index (χ0n) is 16.5. The molecular formula is C20H20ClF3N2O3S2. The Morgan fingerprint density at radius 3 is 2.39 bits per heavy atom. The standard InChI is InChI=1S/C20H20ClF3N2O3S2/c1-30-18-8-6-14(12-15(18)19(27)26-9-3-2-4-10-26)31(28,29)25-13-5-7-17(21)16(11-13)20(22,23)24/h5-8,11-12,25H,2-4,9-10H2,1H3. The van der Waals surface area contributed by atoms with Crippen molar-refractivity contribution in [3.63, 3.8) is 0 Å². The smallest absolute Gasteiger partial charge is 0.339 e. The number of hydrogen-bond donors (Lipinski definition) is 1. The summed E-state index contributed by atoms with van der Waals surface area (Å²) in [6.45, 7) is 1.21. The normalized spacial score (nSPS) is 15.1. The topological polar surface area (TPSA) is 66.5 Å². The molecule has 2 aromatic rings. The van der Waals surface area contributed by atoms with Gasteiger partial charge in [0, 0.05) is 23.7 Å². The van der Waals surface area contributed by atoms with Gasteiger partial charge in [0.1, 0.15) is 0 Å². The zero-order valence-corrected chi connectivity index (χ0v) is 18.9. The van der Waals surface area contributed by atoms with E-state index in [-0.39, 0.29) is 22.1 Å². The van der Waals surface area contributed by atoms with Crippen LogP contribution in [-0.4, -0.2) is 38.6 Å². The van der Waals surface area contributed by atoms with E-state index in [1.54, 1.807) is 11.2 Å². The highest BCUT2D eigenvalue weighted by atomic mass is 35.5. The van der Waals surface area contributed by atoms with Crippen molar-refractivity contribution in [3.05, 3.63) is 52.5 Å². The van der Waals surface area contributed by atoms with Gasteiger partial charge in [0.05, 0.1) is 21.0 Å². The molecule has 1 aliphatic rings. The van der Waals surface area contributed by atoms with E-state index < -0.39 is 26.8 Å². The molecule has 31 heavy (non-hydrogen) atoms. The number of benzene rings is 2. The van der Waals surface area contributed by atoms with Crippen LogP contribution in [0.4, 0.5) is 18.9 Å². The van der Waals surface area contributed by atoms with Crippen LogP contribution in [-0.2, 0) is 16.2 Å². The molecule has 0 unspecified atom stereocenters. The maximum Gasteiger partial charge on any atom is 0.417 e. The second-order valence-electron chi connectivity index (χ2n) is 7.01. The van der Waals surface area contributed by atoms with Gasteiger partial charge in [-0.2, -0.15) is 13.2 Å². The average molecular weight is 493 g/mol. The van der Waals surface area contributed by atoms with Crippen molar-refractivity contribution in [1.29, 1.82) is 0 Å². The second-order valence-corrected chi connectivity index (χ2v) is 9.95. The summed E-state index contributed by atoms with van der Waals surface area (Å²) in [6, 6.07) is 6.87. The highest BCUT2D eigenvalue weighted by Gasteiger charge is 2.34. The number of thioether (sulfide) groups is 1. The Bertz CT molecular complexity index is 1090. The first-order valence-corrected chi connectivity index (χ1v) is 12.5. The number of nitrogens with one attached hydrogen (secondary N) is 1. The number of alkyl halides is 3. The lowest BCUT2D eigenvalue weighted by molar-refractivity contribution is -0.137. The number of carbonyl (C=O) groups is 1. The van der Waals surface area contributed by atoms with Crippen molar-refractivity contribution in [3.8, 4) is 0 Å². The van der Waals surface area contributed by atoms with Crippen molar-refractivity contribution in [2.45, 2.75) is 35.2 Å². The van der Waals surface area contributed by atoms with E-state index in [2.05, 4.69) is 4.72 Å². The summed E-state index contributed by atoms with van der Waals surface area (Å²) in [7, 11) is -4.24. The van der Waals surface area contributed by atoms with Crippen LogP contribution >= 0.6 is 23.4 Å². The molecule has 0 aliphatic carbocycles. The van der Waals surface area contributed by atoms with Gasteiger partial charge in [0.15, 0.2) is 0 Å². The quantitative estimate of drug-likeness (QED) is 0.559. The first-order chi connectivity index (χ1) is 14.5. The Labute approximate surface area is 188 Å². The van der Waals surface area contributed by atoms with Crippen molar-refractivity contribution in [2.24, 2.45) is 0 Å². The minimum absolute atomic E-state index is 0.214. The molecule has 1 saturated heterocycles. The van der Waals surface area contributed by atoms with Crippen LogP contribution in [0.3, 0.4) is 0 Å². The predicted octanol–water partition coefficient (Wildman–Crippen LogP) is 5.51. The maximum absolute atomic E-state index is 13.1. The number of anilines is 1. The third kappa shape index (κ3) is 5.48. The number of halogens is 4. The maximum atomic E-state index is 13.1. The summed E-state index contributed by atoms with van der Waals surface area (Å²) in [4.78, 5) is 15.1. The molecule has 0 aromatic heterocycles. The number of amides is 1. The molecular weight excluding hydrogens is 473 g/mol. The Morgan fingerprint density at radius 2 is 1.77 bits per heavy atom. The molecule has 1 N–H and O–H groups in total. The minimum Gasteiger partial charge on any atom is -0.339 e. The van der Waals surface area contributed by atoms with Gasteiger partial charge in [-0.3, -0.25) is 9.52 Å². The summed E-state index contributed by atoms with van der Waals surface area (Å²) in [5.41, 5.74) is -1.17. The van der Waals surface area contributed by atoms with E-state index in [0.29, 0.717) is 24.1 Å². The van der Waals surface area contributed by atoms with E-state index in [9.17, 15) is 26.4 Å². The van der Waals surface area contributed by atoms with Gasteiger partial charge >= 0.3 is 6.18 Å². The number of carbonyl (C=O) groups excluding carboxylic acids is 1. The molecule has 0 spiro atoms. The highest BCUT2D eigenvalue weighted by Crippen LogP contribution is 2.36. The molecule has 11 heteroatoms. The van der Waals surface area contributed by atoms with Crippen LogP contribution < -0.4 is 4.72 Å². The molecule has 0 saturated carbocycles. The van der Waals surface area contributed by atoms with Crippen LogP contribution in [0.25, 0.3) is 0 Å². The number of nitrogens with zero attached hydrogens (tertiary/aromatic N) is 1. The molecule has 0 atom stereocenters. The van der Waals surface area contributed by atoms with E-state index in [1.165, 1.54) is 30.0 Å². The summed E-state index contributed by atoms with van der Waals surface area (Å²) in [6.07, 6.45) is -0.137. The van der Waals surface area contributed by atoms with Crippen molar-refractivity contribution in [2.75, 3.05) is 24.1 Å². The Hall–Kier alpha value is -1.91. The molecule has 0 radical (unpaired) electrons. The van der Waals surface area contributed by atoms with Gasteiger partial charge in [-0.15, -0.1) is 11.8 Å². The van der Waals surface area contributed by atoms with Crippen molar-refractivity contribution in [1.82, 2.24) is 4.90 Å². The van der Waals surface area contributed by atoms with Gasteiger partial charge in [-0.1, -0.05) is 11.6 Å². The lowest BCUT2D eigenvalue weighted by Crippen LogP contribution is -2.36. The summed E-state index contributed by atoms with van der Waals surface area (Å²) >= 11 is 6.91. The van der Waals surface area contributed by atoms with Gasteiger partial charge in [-0.25, -0.2) is 8.42 Å². The summed E-state index contributed by atoms with van der Waals surface area (Å²) in [5.74, 6) is -0.257. The fourth-order valence-electron chi connectivity index (χ4n) is 3.31. The van der Waals surface area contributed by atoms with Crippen LogP contribution in [0, 0.1) is 0 Å². The fourth-order valence-corrected chi connectivity index (χ4v) is 5.18. The van der Waals surface area contributed by atoms with Gasteiger partial charge in [-0.05, 0) is 61.9 Å². The number of hydrogen-bond acceptors (Lipinski definition) is 4. The van der Waals surface area contributed by atoms with Gasteiger partial charge in [0.25, 0.3) is 15.9 Å². The van der Waals surface area contributed by atoms with Gasteiger partial charge in [0.2, 0.25) is 0 Å². The Kier molecular flexibility index (Phi) is 7.12. The van der Waals surface area contributed by atoms with E-state index in [4.69, 9.17) is 11.6 Å². The lowest BCUT2D eigenvalue weighted by atomic mass is 10.1. The van der Waals surface area contributed by atoms with Gasteiger partial charge < -0.3 is 4.90 Å². The summed E-state index contributed by atoms with van der Waals surface area (Å²) < 4.78 is 67.1. The minimum atomic E-state index is -4.73. The first kappa shape index (κ1) is 23.7. The van der Waals surface area contributed by atoms with Crippen LogP contribution in [0.15, 0.2) is 46.2 Å². The Morgan fingerprint density at radius 1 is 1.10 bits per heavy atom. The van der Waals surface area contributed by atoms with Crippen LogP contribution in [0.1, 0.15) is 35.2 Å². The largest absolute Gasteiger partial charge is 0.417 e. The van der Waals surface area contributed by atoms with E-state index >= 15 is 0 Å². The average Bonchev–Trinajstić information content (AvgIpc) is 2.73. The molecule has 1 aliphatic heterocycles. The molecule has 1 amide bonds. The monoisotopic (exact) mass is 492 g/mol. The Balaban J connectivity index is 1.94. The van der Waals surface area contributed by atoms with Crippen molar-refractivity contribution >= 4 is 45.0 Å². The molecule has 0 bridgehead atoms. The number of piperidine rings is 1. The third-order valence-corrected chi connectivity index (χ3v) is 7.38.